The first-order valence-electron chi connectivity index (χ1n) is 8.38. The zero-order chi connectivity index (χ0) is 18.4. The van der Waals surface area contributed by atoms with Crippen LogP contribution in [0.2, 0.25) is 0 Å². The predicted octanol–water partition coefficient (Wildman–Crippen LogP) is 2.47. The number of nitrogens with one attached hydrogen (secondary N) is 2. The Kier molecular flexibility index (Phi) is 6.44. The van der Waals surface area contributed by atoms with Gasteiger partial charge < -0.3 is 15.2 Å². The van der Waals surface area contributed by atoms with Gasteiger partial charge in [-0.25, -0.2) is 4.99 Å². The maximum Gasteiger partial charge on any atom is 0.391 e. The molecule has 1 aromatic rings. The van der Waals surface area contributed by atoms with Crippen molar-refractivity contribution in [3.05, 3.63) is 24.3 Å². The summed E-state index contributed by atoms with van der Waals surface area (Å²) < 4.78 is 40.1. The molecule has 0 aromatic carbocycles. The van der Waals surface area contributed by atoms with E-state index < -0.39 is 12.1 Å². The van der Waals surface area contributed by atoms with Crippen LogP contribution in [0, 0.1) is 12.8 Å². The molecule has 0 spiro atoms. The van der Waals surface area contributed by atoms with Gasteiger partial charge in [-0.15, -0.1) is 16.8 Å². The van der Waals surface area contributed by atoms with Crippen LogP contribution in [0.15, 0.2) is 17.6 Å². The Hall–Kier alpha value is -2.06. The second kappa shape index (κ2) is 8.35. The average Bonchev–Trinajstić information content (AvgIpc) is 2.89. The van der Waals surface area contributed by atoms with Crippen molar-refractivity contribution in [2.75, 3.05) is 6.54 Å². The molecule has 1 fully saturated rings. The molecule has 1 saturated carbocycles. The molecule has 9 heteroatoms. The minimum Gasteiger partial charge on any atom is -0.354 e. The molecule has 6 nitrogen and oxygen atoms in total. The van der Waals surface area contributed by atoms with Crippen molar-refractivity contribution in [2.24, 2.45) is 18.0 Å². The normalized spacial score (nSPS) is 21.9. The number of aryl methyl sites for hydroxylation is 1. The maximum absolute atomic E-state index is 12.8. The summed E-state index contributed by atoms with van der Waals surface area (Å²) >= 11 is 0. The largest absolute Gasteiger partial charge is 0.391 e. The molecule has 1 heterocycles. The van der Waals surface area contributed by atoms with E-state index in [0.29, 0.717) is 31.9 Å². The Balaban J connectivity index is 1.95. The highest BCUT2D eigenvalue weighted by Crippen LogP contribution is 2.37. The summed E-state index contributed by atoms with van der Waals surface area (Å²) in [7, 11) is 1.86. The zero-order valence-corrected chi connectivity index (χ0v) is 14.6. The molecule has 1 aliphatic carbocycles. The highest BCUT2D eigenvalue weighted by Gasteiger charge is 2.41. The second-order valence-electron chi connectivity index (χ2n) is 6.29. The van der Waals surface area contributed by atoms with Gasteiger partial charge in [0.15, 0.2) is 11.8 Å². The van der Waals surface area contributed by atoms with Gasteiger partial charge in [-0.3, -0.25) is 0 Å². The van der Waals surface area contributed by atoms with E-state index in [2.05, 4.69) is 32.4 Å². The number of nitrogens with zero attached hydrogens (tertiary/aromatic N) is 4. The number of hydrogen-bond acceptors (Lipinski definition) is 3. The van der Waals surface area contributed by atoms with Crippen LogP contribution in [0.1, 0.15) is 37.3 Å². The summed E-state index contributed by atoms with van der Waals surface area (Å²) in [5.74, 6) is 0.881. The van der Waals surface area contributed by atoms with Gasteiger partial charge in [0, 0.05) is 19.6 Å². The third kappa shape index (κ3) is 5.47. The Morgan fingerprint density at radius 1 is 1.32 bits per heavy atom. The van der Waals surface area contributed by atoms with Gasteiger partial charge in [0.1, 0.15) is 12.4 Å². The maximum atomic E-state index is 12.8. The van der Waals surface area contributed by atoms with Crippen molar-refractivity contribution in [1.29, 1.82) is 0 Å². The Morgan fingerprint density at radius 2 is 2.00 bits per heavy atom. The number of hydrogen-bond donors (Lipinski definition) is 2. The summed E-state index contributed by atoms with van der Waals surface area (Å²) in [5.41, 5.74) is 0. The summed E-state index contributed by atoms with van der Waals surface area (Å²) in [5, 5.41) is 14.4. The van der Waals surface area contributed by atoms with E-state index in [4.69, 9.17) is 0 Å². The average molecular weight is 358 g/mol. The van der Waals surface area contributed by atoms with Crippen LogP contribution in [0.25, 0.3) is 0 Å². The van der Waals surface area contributed by atoms with E-state index in [0.717, 1.165) is 11.6 Å². The third-order valence-electron chi connectivity index (χ3n) is 4.51. The number of rotatable bonds is 5. The van der Waals surface area contributed by atoms with E-state index in [1.54, 1.807) is 6.08 Å². The number of guanidine groups is 1. The smallest absolute Gasteiger partial charge is 0.354 e. The molecule has 25 heavy (non-hydrogen) atoms. The van der Waals surface area contributed by atoms with Gasteiger partial charge in [-0.1, -0.05) is 6.08 Å². The summed E-state index contributed by atoms with van der Waals surface area (Å²) in [6, 6.07) is -0.0177. The summed E-state index contributed by atoms with van der Waals surface area (Å²) in [6.45, 7) is 6.36. The van der Waals surface area contributed by atoms with Crippen LogP contribution in [0.3, 0.4) is 0 Å². The lowest BCUT2D eigenvalue weighted by Gasteiger charge is -2.31. The molecule has 140 valence electrons. The number of halogens is 3. The van der Waals surface area contributed by atoms with E-state index in [-0.39, 0.29) is 18.9 Å². The van der Waals surface area contributed by atoms with E-state index in [1.807, 2.05) is 18.5 Å². The van der Waals surface area contributed by atoms with E-state index in [1.165, 1.54) is 0 Å². The second-order valence-corrected chi connectivity index (χ2v) is 6.29. The summed E-state index contributed by atoms with van der Waals surface area (Å²) in [6.07, 6.45) is -1.14. The first-order valence-corrected chi connectivity index (χ1v) is 8.38. The Labute approximate surface area is 145 Å². The third-order valence-corrected chi connectivity index (χ3v) is 4.51. The number of alkyl halides is 3. The summed E-state index contributed by atoms with van der Waals surface area (Å²) in [4.78, 5) is 4.47. The highest BCUT2D eigenvalue weighted by molar-refractivity contribution is 5.80. The lowest BCUT2D eigenvalue weighted by molar-refractivity contribution is -0.182. The standard InChI is InChI=1S/C16H25F3N6/c1-4-9-20-15(21-10-14-24-23-11(2)25(14)3)22-13-7-5-12(6-8-13)16(17,18)19/h4,12-13H,1,5-10H2,2-3H3,(H2,20,21,22). The van der Waals surface area contributed by atoms with Gasteiger partial charge in [0.25, 0.3) is 0 Å². The van der Waals surface area contributed by atoms with Gasteiger partial charge in [0.05, 0.1) is 5.92 Å². The lowest BCUT2D eigenvalue weighted by Crippen LogP contribution is -2.46. The fourth-order valence-electron chi connectivity index (χ4n) is 2.82. The van der Waals surface area contributed by atoms with Crippen molar-refractivity contribution >= 4 is 5.96 Å². The molecule has 0 saturated heterocycles. The quantitative estimate of drug-likeness (QED) is 0.482. The molecule has 2 rings (SSSR count). The molecule has 0 amide bonds. The first kappa shape index (κ1) is 19.3. The first-order chi connectivity index (χ1) is 11.8. The van der Waals surface area contributed by atoms with Gasteiger partial charge in [0.2, 0.25) is 0 Å². The molecular weight excluding hydrogens is 333 g/mol. The fraction of sp³-hybridized carbons (Fsp3) is 0.688. The molecule has 1 aromatic heterocycles. The lowest BCUT2D eigenvalue weighted by atomic mass is 9.85. The molecule has 0 radical (unpaired) electrons. The minimum atomic E-state index is -4.09. The van der Waals surface area contributed by atoms with Crippen molar-refractivity contribution in [1.82, 2.24) is 25.4 Å². The van der Waals surface area contributed by atoms with Crippen LogP contribution in [-0.2, 0) is 13.6 Å². The van der Waals surface area contributed by atoms with Crippen molar-refractivity contribution in [2.45, 2.75) is 51.4 Å². The van der Waals surface area contributed by atoms with Gasteiger partial charge in [-0.2, -0.15) is 13.2 Å². The van der Waals surface area contributed by atoms with E-state index >= 15 is 0 Å². The number of aliphatic imine (C=N–C) groups is 1. The molecule has 0 aliphatic heterocycles. The zero-order valence-electron chi connectivity index (χ0n) is 14.6. The van der Waals surface area contributed by atoms with E-state index in [9.17, 15) is 13.2 Å². The topological polar surface area (TPSA) is 67.1 Å². The highest BCUT2D eigenvalue weighted by atomic mass is 19.4. The van der Waals surface area contributed by atoms with Crippen LogP contribution in [0.4, 0.5) is 13.2 Å². The molecule has 0 atom stereocenters. The Morgan fingerprint density at radius 3 is 2.52 bits per heavy atom. The van der Waals surface area contributed by atoms with Crippen LogP contribution < -0.4 is 10.6 Å². The van der Waals surface area contributed by atoms with Crippen LogP contribution >= 0.6 is 0 Å². The monoisotopic (exact) mass is 358 g/mol. The number of aromatic nitrogens is 3. The fourth-order valence-corrected chi connectivity index (χ4v) is 2.82. The molecule has 2 N–H and O–H groups in total. The predicted molar refractivity (Wildman–Crippen MR) is 90.0 cm³/mol. The molecule has 0 bridgehead atoms. The van der Waals surface area contributed by atoms with Crippen molar-refractivity contribution < 1.29 is 13.2 Å². The minimum absolute atomic E-state index is 0.0177. The van der Waals surface area contributed by atoms with Crippen LogP contribution in [-0.4, -0.2) is 39.5 Å². The Bertz CT molecular complexity index is 600. The SMILES string of the molecule is C=CCNC(=NCc1nnc(C)n1C)NC1CCC(C(F)(F)F)CC1. The van der Waals surface area contributed by atoms with Gasteiger partial charge >= 0.3 is 6.18 Å². The molecule has 0 unspecified atom stereocenters. The van der Waals surface area contributed by atoms with Crippen molar-refractivity contribution in [3.63, 3.8) is 0 Å². The van der Waals surface area contributed by atoms with Crippen LogP contribution in [0.5, 0.6) is 0 Å². The molecular formula is C16H25F3N6. The van der Waals surface area contributed by atoms with Gasteiger partial charge in [-0.05, 0) is 32.6 Å². The van der Waals surface area contributed by atoms with Crippen molar-refractivity contribution in [3.8, 4) is 0 Å². The molecule has 1 aliphatic rings.